The number of carbonyl (C=O) groups is 1. The van der Waals surface area contributed by atoms with Gasteiger partial charge in [-0.3, -0.25) is 4.79 Å². The highest BCUT2D eigenvalue weighted by atomic mass is 35.5. The second-order valence-corrected chi connectivity index (χ2v) is 7.98. The van der Waals surface area contributed by atoms with Crippen molar-refractivity contribution in [2.45, 2.75) is 33.6 Å². The van der Waals surface area contributed by atoms with E-state index in [9.17, 15) is 10.1 Å². The Balaban J connectivity index is 1.90. The molecule has 0 bridgehead atoms. The highest BCUT2D eigenvalue weighted by Gasteiger charge is 2.14. The first-order chi connectivity index (χ1) is 14.3. The molecule has 0 saturated heterocycles. The van der Waals surface area contributed by atoms with Gasteiger partial charge in [-0.25, -0.2) is 0 Å². The summed E-state index contributed by atoms with van der Waals surface area (Å²) in [6, 6.07) is 19.2. The Labute approximate surface area is 182 Å². The highest BCUT2D eigenvalue weighted by Crippen LogP contribution is 2.25. The molecule has 0 spiro atoms. The van der Waals surface area contributed by atoms with Crippen molar-refractivity contribution in [3.05, 3.63) is 87.7 Å². The number of nitrogens with one attached hydrogen (secondary N) is 1. The summed E-state index contributed by atoms with van der Waals surface area (Å²) in [5.41, 5.74) is 5.80. The van der Waals surface area contributed by atoms with Crippen LogP contribution in [0.25, 0.3) is 11.8 Å². The van der Waals surface area contributed by atoms with E-state index in [0.717, 1.165) is 22.6 Å². The first-order valence-corrected chi connectivity index (χ1v) is 10.2. The number of rotatable bonds is 5. The highest BCUT2D eigenvalue weighted by molar-refractivity contribution is 6.30. The molecule has 1 aromatic heterocycles. The lowest BCUT2D eigenvalue weighted by Crippen LogP contribution is -2.13. The zero-order valence-corrected chi connectivity index (χ0v) is 18.3. The van der Waals surface area contributed by atoms with Gasteiger partial charge in [0.15, 0.2) is 0 Å². The first-order valence-electron chi connectivity index (χ1n) is 9.78. The van der Waals surface area contributed by atoms with Crippen LogP contribution in [0.5, 0.6) is 0 Å². The molecule has 0 fully saturated rings. The topological polar surface area (TPSA) is 57.8 Å². The summed E-state index contributed by atoms with van der Waals surface area (Å²) in [5, 5.41) is 12.9. The molecule has 1 amide bonds. The van der Waals surface area contributed by atoms with E-state index in [4.69, 9.17) is 11.6 Å². The van der Waals surface area contributed by atoms with Crippen LogP contribution in [-0.2, 0) is 4.79 Å². The van der Waals surface area contributed by atoms with E-state index >= 15 is 0 Å². The van der Waals surface area contributed by atoms with Gasteiger partial charge in [0.05, 0.1) is 0 Å². The molecule has 3 aromatic rings. The lowest BCUT2D eigenvalue weighted by atomic mass is 10.0. The number of nitriles is 1. The number of nitrogens with zero attached hydrogens (tertiary/aromatic N) is 2. The van der Waals surface area contributed by atoms with Crippen LogP contribution < -0.4 is 5.32 Å². The summed E-state index contributed by atoms with van der Waals surface area (Å²) >= 11 is 5.88. The third kappa shape index (κ3) is 4.64. The fraction of sp³-hybridized carbons (Fsp3) is 0.200. The Hall–Kier alpha value is -3.29. The van der Waals surface area contributed by atoms with Crippen LogP contribution in [0.3, 0.4) is 0 Å². The zero-order chi connectivity index (χ0) is 21.8. The van der Waals surface area contributed by atoms with E-state index in [1.807, 2.05) is 26.0 Å². The molecule has 2 aromatic carbocycles. The zero-order valence-electron chi connectivity index (χ0n) is 17.5. The van der Waals surface area contributed by atoms with Crippen LogP contribution in [0.15, 0.2) is 60.2 Å². The molecule has 0 aliphatic rings. The van der Waals surface area contributed by atoms with Gasteiger partial charge in [-0.05, 0) is 79.4 Å². The van der Waals surface area contributed by atoms with Crippen molar-refractivity contribution in [3.63, 3.8) is 0 Å². The number of hydrogen-bond donors (Lipinski definition) is 1. The number of hydrogen-bond acceptors (Lipinski definition) is 2. The smallest absolute Gasteiger partial charge is 0.266 e. The molecule has 1 N–H and O–H groups in total. The van der Waals surface area contributed by atoms with Crippen molar-refractivity contribution in [1.29, 1.82) is 5.26 Å². The molecule has 152 valence electrons. The van der Waals surface area contributed by atoms with Gasteiger partial charge >= 0.3 is 0 Å². The van der Waals surface area contributed by atoms with E-state index in [0.29, 0.717) is 16.6 Å². The summed E-state index contributed by atoms with van der Waals surface area (Å²) in [7, 11) is 0. The molecule has 5 heteroatoms. The maximum atomic E-state index is 12.6. The van der Waals surface area contributed by atoms with Gasteiger partial charge in [0.2, 0.25) is 0 Å². The summed E-state index contributed by atoms with van der Waals surface area (Å²) in [5.74, 6) is 0.0210. The third-order valence-electron chi connectivity index (χ3n) is 5.06. The number of anilines is 1. The van der Waals surface area contributed by atoms with Crippen molar-refractivity contribution in [1.82, 2.24) is 4.57 Å². The van der Waals surface area contributed by atoms with Crippen molar-refractivity contribution in [2.75, 3.05) is 5.32 Å². The molecule has 1 heterocycles. The Bertz CT molecular complexity index is 1130. The van der Waals surface area contributed by atoms with Crippen LogP contribution in [0.4, 0.5) is 5.69 Å². The number of carbonyl (C=O) groups excluding carboxylic acids is 1. The molecular weight excluding hydrogens is 394 g/mol. The third-order valence-corrected chi connectivity index (χ3v) is 5.31. The number of benzene rings is 2. The van der Waals surface area contributed by atoms with E-state index in [-0.39, 0.29) is 5.57 Å². The maximum absolute atomic E-state index is 12.6. The standard InChI is InChI=1S/C25H24ClN3O/c1-16(2)19-5-11-24(12-6-19)29-17(3)13-20(18(29)4)14-21(15-27)25(30)28-23-9-7-22(26)8-10-23/h5-14,16H,1-4H3,(H,28,30)/b21-14-. The maximum Gasteiger partial charge on any atom is 0.266 e. The number of aromatic nitrogens is 1. The van der Waals surface area contributed by atoms with Crippen molar-refractivity contribution < 1.29 is 4.79 Å². The van der Waals surface area contributed by atoms with Crippen LogP contribution in [-0.4, -0.2) is 10.5 Å². The lowest BCUT2D eigenvalue weighted by Gasteiger charge is -2.12. The quantitative estimate of drug-likeness (QED) is 0.384. The predicted molar refractivity (Wildman–Crippen MR) is 123 cm³/mol. The monoisotopic (exact) mass is 417 g/mol. The van der Waals surface area contributed by atoms with E-state index < -0.39 is 5.91 Å². The van der Waals surface area contributed by atoms with Crippen molar-refractivity contribution in [3.8, 4) is 11.8 Å². The number of aryl methyl sites for hydroxylation is 1. The second kappa shape index (κ2) is 9.02. The largest absolute Gasteiger partial charge is 0.321 e. The molecule has 0 saturated carbocycles. The average molecular weight is 418 g/mol. The van der Waals surface area contributed by atoms with Crippen LogP contribution in [0.1, 0.15) is 42.3 Å². The van der Waals surface area contributed by atoms with E-state index in [2.05, 4.69) is 48.0 Å². The summed E-state index contributed by atoms with van der Waals surface area (Å²) < 4.78 is 2.13. The minimum atomic E-state index is -0.453. The van der Waals surface area contributed by atoms with E-state index in [1.165, 1.54) is 5.56 Å². The number of amides is 1. The SMILES string of the molecule is Cc1cc(/C=C(/C#N)C(=O)Nc2ccc(Cl)cc2)c(C)n1-c1ccc(C(C)C)cc1. The second-order valence-electron chi connectivity index (χ2n) is 7.54. The van der Waals surface area contributed by atoms with E-state index in [1.54, 1.807) is 30.3 Å². The molecule has 0 unspecified atom stereocenters. The normalized spacial score (nSPS) is 11.4. The van der Waals surface area contributed by atoms with Crippen molar-refractivity contribution >= 4 is 29.3 Å². The van der Waals surface area contributed by atoms with Crippen LogP contribution in [0, 0.1) is 25.2 Å². The summed E-state index contributed by atoms with van der Waals surface area (Å²) in [6.45, 7) is 8.34. The van der Waals surface area contributed by atoms with Gasteiger partial charge < -0.3 is 9.88 Å². The minimum absolute atomic E-state index is 0.0420. The fourth-order valence-electron chi connectivity index (χ4n) is 3.38. The number of halogens is 1. The Kier molecular flexibility index (Phi) is 6.44. The molecule has 4 nitrogen and oxygen atoms in total. The molecule has 30 heavy (non-hydrogen) atoms. The lowest BCUT2D eigenvalue weighted by molar-refractivity contribution is -0.112. The van der Waals surface area contributed by atoms with Gasteiger partial charge in [-0.15, -0.1) is 0 Å². The van der Waals surface area contributed by atoms with Gasteiger partial charge in [0, 0.05) is 27.8 Å². The Morgan fingerprint density at radius 2 is 1.73 bits per heavy atom. The summed E-state index contributed by atoms with van der Waals surface area (Å²) in [6.07, 6.45) is 1.63. The van der Waals surface area contributed by atoms with Crippen LogP contribution in [0.2, 0.25) is 5.02 Å². The average Bonchev–Trinajstić information content (AvgIpc) is 3.00. The Morgan fingerprint density at radius 1 is 1.10 bits per heavy atom. The van der Waals surface area contributed by atoms with Crippen molar-refractivity contribution in [2.24, 2.45) is 0 Å². The molecule has 0 aliphatic carbocycles. The molecule has 0 radical (unpaired) electrons. The molecule has 3 rings (SSSR count). The predicted octanol–water partition coefficient (Wildman–Crippen LogP) is 6.42. The van der Waals surface area contributed by atoms with Gasteiger partial charge in [-0.1, -0.05) is 37.6 Å². The van der Waals surface area contributed by atoms with Gasteiger partial charge in [0.1, 0.15) is 11.6 Å². The van der Waals surface area contributed by atoms with Gasteiger partial charge in [-0.2, -0.15) is 5.26 Å². The fourth-order valence-corrected chi connectivity index (χ4v) is 3.50. The molecular formula is C25H24ClN3O. The van der Waals surface area contributed by atoms with Gasteiger partial charge in [0.25, 0.3) is 5.91 Å². The molecule has 0 atom stereocenters. The minimum Gasteiger partial charge on any atom is -0.321 e. The first kappa shape index (κ1) is 21.4. The summed E-state index contributed by atoms with van der Waals surface area (Å²) in [4.78, 5) is 12.6. The Morgan fingerprint density at radius 3 is 2.30 bits per heavy atom. The molecule has 0 aliphatic heterocycles. The van der Waals surface area contributed by atoms with Crippen LogP contribution >= 0.6 is 11.6 Å².